The second kappa shape index (κ2) is 8.21. The number of nitrogens with zero attached hydrogens (tertiary/aromatic N) is 1. The molecule has 25 heavy (non-hydrogen) atoms. The number of ether oxygens (including phenoxy) is 1. The predicted molar refractivity (Wildman–Crippen MR) is 104 cm³/mol. The van der Waals surface area contributed by atoms with Crippen LogP contribution in [0.2, 0.25) is 5.02 Å². The van der Waals surface area contributed by atoms with E-state index in [0.717, 1.165) is 15.6 Å². The standard InChI is InChI=1S/C19H21BrClNO3/c1-19(2,3)25-18(24)22(16-6-4-5-13(9-16)12-23)11-14-7-8-15(21)10-17(14)20/h4-10,23H,11-12H2,1-3H3. The number of carbonyl (C=O) groups is 1. The fourth-order valence-electron chi connectivity index (χ4n) is 2.22. The van der Waals surface area contributed by atoms with Gasteiger partial charge in [0, 0.05) is 15.2 Å². The molecule has 0 spiro atoms. The number of benzene rings is 2. The van der Waals surface area contributed by atoms with Crippen LogP contribution in [0.5, 0.6) is 0 Å². The lowest BCUT2D eigenvalue weighted by Gasteiger charge is -2.28. The van der Waals surface area contributed by atoms with Crippen molar-refractivity contribution < 1.29 is 14.6 Å². The van der Waals surface area contributed by atoms with Crippen molar-refractivity contribution in [3.05, 3.63) is 63.1 Å². The molecule has 0 heterocycles. The molecule has 0 radical (unpaired) electrons. The maximum atomic E-state index is 12.7. The lowest BCUT2D eigenvalue weighted by molar-refractivity contribution is 0.0577. The van der Waals surface area contributed by atoms with E-state index in [0.29, 0.717) is 17.3 Å². The molecule has 1 amide bonds. The Bertz CT molecular complexity index is 759. The molecule has 0 aliphatic heterocycles. The Hall–Kier alpha value is -1.56. The molecule has 0 aliphatic rings. The molecule has 134 valence electrons. The summed E-state index contributed by atoms with van der Waals surface area (Å²) in [5.74, 6) is 0. The van der Waals surface area contributed by atoms with Crippen molar-refractivity contribution in [2.45, 2.75) is 39.5 Å². The monoisotopic (exact) mass is 425 g/mol. The number of hydrogen-bond donors (Lipinski definition) is 1. The summed E-state index contributed by atoms with van der Waals surface area (Å²) in [6.07, 6.45) is -0.454. The van der Waals surface area contributed by atoms with Gasteiger partial charge in [-0.25, -0.2) is 4.79 Å². The van der Waals surface area contributed by atoms with Gasteiger partial charge in [-0.2, -0.15) is 0 Å². The van der Waals surface area contributed by atoms with Crippen LogP contribution < -0.4 is 4.90 Å². The van der Waals surface area contributed by atoms with Crippen LogP contribution in [-0.2, 0) is 17.9 Å². The van der Waals surface area contributed by atoms with Gasteiger partial charge in [0.25, 0.3) is 0 Å². The van der Waals surface area contributed by atoms with Gasteiger partial charge in [0.15, 0.2) is 0 Å². The first-order valence-electron chi connectivity index (χ1n) is 7.84. The van der Waals surface area contributed by atoms with Crippen LogP contribution in [0.15, 0.2) is 46.9 Å². The summed E-state index contributed by atoms with van der Waals surface area (Å²) in [7, 11) is 0. The Balaban J connectivity index is 2.38. The summed E-state index contributed by atoms with van der Waals surface area (Å²) in [5, 5.41) is 9.99. The van der Waals surface area contributed by atoms with E-state index in [-0.39, 0.29) is 6.61 Å². The van der Waals surface area contributed by atoms with Gasteiger partial charge in [-0.05, 0) is 56.2 Å². The number of anilines is 1. The van der Waals surface area contributed by atoms with Gasteiger partial charge < -0.3 is 9.84 Å². The first kappa shape index (κ1) is 19.8. The molecule has 0 aliphatic carbocycles. The number of hydrogen-bond acceptors (Lipinski definition) is 3. The number of halogens is 2. The smallest absolute Gasteiger partial charge is 0.415 e. The molecule has 0 saturated carbocycles. The van der Waals surface area contributed by atoms with Crippen LogP contribution >= 0.6 is 27.5 Å². The topological polar surface area (TPSA) is 49.8 Å². The van der Waals surface area contributed by atoms with E-state index in [1.165, 1.54) is 0 Å². The van der Waals surface area contributed by atoms with Gasteiger partial charge in [-0.15, -0.1) is 0 Å². The highest BCUT2D eigenvalue weighted by molar-refractivity contribution is 9.10. The van der Waals surface area contributed by atoms with Gasteiger partial charge >= 0.3 is 6.09 Å². The first-order valence-corrected chi connectivity index (χ1v) is 9.01. The number of aliphatic hydroxyl groups excluding tert-OH is 1. The molecular formula is C19H21BrClNO3. The minimum atomic E-state index is -0.610. The second-order valence-electron chi connectivity index (χ2n) is 6.63. The van der Waals surface area contributed by atoms with E-state index in [9.17, 15) is 9.90 Å². The summed E-state index contributed by atoms with van der Waals surface area (Å²) in [6, 6.07) is 12.6. The van der Waals surface area contributed by atoms with Crippen LogP contribution in [0.4, 0.5) is 10.5 Å². The second-order valence-corrected chi connectivity index (χ2v) is 7.92. The summed E-state index contributed by atoms with van der Waals surface area (Å²) < 4.78 is 6.36. The SMILES string of the molecule is CC(C)(C)OC(=O)N(Cc1ccc(Cl)cc1Br)c1cccc(CO)c1. The summed E-state index contributed by atoms with van der Waals surface area (Å²) in [5.41, 5.74) is 1.66. The van der Waals surface area contributed by atoms with Crippen LogP contribution in [-0.4, -0.2) is 16.8 Å². The number of rotatable bonds is 4. The van der Waals surface area contributed by atoms with Gasteiger partial charge in [0.05, 0.1) is 13.2 Å². The Morgan fingerprint density at radius 3 is 2.56 bits per heavy atom. The quantitative estimate of drug-likeness (QED) is 0.698. The highest BCUT2D eigenvalue weighted by atomic mass is 79.9. The molecule has 0 aromatic heterocycles. The van der Waals surface area contributed by atoms with Gasteiger partial charge in [-0.3, -0.25) is 4.90 Å². The van der Waals surface area contributed by atoms with Crippen molar-refractivity contribution in [2.75, 3.05) is 4.90 Å². The number of carbonyl (C=O) groups excluding carboxylic acids is 1. The molecule has 4 nitrogen and oxygen atoms in total. The molecule has 2 aromatic rings. The summed E-state index contributed by atoms with van der Waals surface area (Å²) in [4.78, 5) is 14.3. The van der Waals surface area contributed by atoms with Crippen molar-refractivity contribution >= 4 is 39.3 Å². The molecule has 0 fully saturated rings. The van der Waals surface area contributed by atoms with Gasteiger partial charge in [-0.1, -0.05) is 45.7 Å². The van der Waals surface area contributed by atoms with Crippen molar-refractivity contribution in [3.8, 4) is 0 Å². The van der Waals surface area contributed by atoms with Crippen molar-refractivity contribution in [1.29, 1.82) is 0 Å². The fraction of sp³-hybridized carbons (Fsp3) is 0.316. The summed E-state index contributed by atoms with van der Waals surface area (Å²) >= 11 is 9.48. The minimum absolute atomic E-state index is 0.0966. The predicted octanol–water partition coefficient (Wildman–Crippen LogP) is 5.54. The van der Waals surface area contributed by atoms with Crippen LogP contribution in [0.3, 0.4) is 0 Å². The third kappa shape index (κ3) is 5.73. The zero-order valence-electron chi connectivity index (χ0n) is 14.4. The van der Waals surface area contributed by atoms with Crippen molar-refractivity contribution in [1.82, 2.24) is 0 Å². The maximum Gasteiger partial charge on any atom is 0.415 e. The molecule has 2 rings (SSSR count). The molecule has 1 N–H and O–H groups in total. The zero-order chi connectivity index (χ0) is 18.6. The lowest BCUT2D eigenvalue weighted by Crippen LogP contribution is -2.36. The Kier molecular flexibility index (Phi) is 6.49. The third-order valence-electron chi connectivity index (χ3n) is 3.36. The average Bonchev–Trinajstić information content (AvgIpc) is 2.52. The molecule has 2 aromatic carbocycles. The van der Waals surface area contributed by atoms with Gasteiger partial charge in [0.2, 0.25) is 0 Å². The van der Waals surface area contributed by atoms with Crippen LogP contribution in [0, 0.1) is 0 Å². The van der Waals surface area contributed by atoms with Crippen molar-refractivity contribution in [2.24, 2.45) is 0 Å². The third-order valence-corrected chi connectivity index (χ3v) is 4.34. The first-order chi connectivity index (χ1) is 11.7. The minimum Gasteiger partial charge on any atom is -0.443 e. The van der Waals surface area contributed by atoms with E-state index in [1.54, 1.807) is 35.2 Å². The average molecular weight is 427 g/mol. The Morgan fingerprint density at radius 1 is 1.24 bits per heavy atom. The molecule has 0 unspecified atom stereocenters. The molecule has 0 bridgehead atoms. The normalized spacial score (nSPS) is 11.3. The van der Waals surface area contributed by atoms with Gasteiger partial charge in [0.1, 0.15) is 5.60 Å². The molecule has 0 atom stereocenters. The molecule has 0 saturated heterocycles. The lowest BCUT2D eigenvalue weighted by atomic mass is 10.1. The number of amides is 1. The van der Waals surface area contributed by atoms with Crippen LogP contribution in [0.25, 0.3) is 0 Å². The summed E-state index contributed by atoms with van der Waals surface area (Å²) in [6.45, 7) is 5.69. The fourth-order valence-corrected chi connectivity index (χ4v) is 3.03. The van der Waals surface area contributed by atoms with E-state index in [4.69, 9.17) is 16.3 Å². The highest BCUT2D eigenvalue weighted by Gasteiger charge is 2.24. The zero-order valence-corrected chi connectivity index (χ0v) is 16.8. The molecular weight excluding hydrogens is 406 g/mol. The number of aliphatic hydroxyl groups is 1. The highest BCUT2D eigenvalue weighted by Crippen LogP contribution is 2.27. The van der Waals surface area contributed by atoms with E-state index < -0.39 is 11.7 Å². The maximum absolute atomic E-state index is 12.7. The largest absolute Gasteiger partial charge is 0.443 e. The van der Waals surface area contributed by atoms with Crippen molar-refractivity contribution in [3.63, 3.8) is 0 Å². The Morgan fingerprint density at radius 2 is 1.96 bits per heavy atom. The van der Waals surface area contributed by atoms with E-state index >= 15 is 0 Å². The van der Waals surface area contributed by atoms with E-state index in [1.807, 2.05) is 32.9 Å². The molecule has 6 heteroatoms. The van der Waals surface area contributed by atoms with Crippen LogP contribution in [0.1, 0.15) is 31.9 Å². The Labute approximate surface area is 161 Å². The van der Waals surface area contributed by atoms with E-state index in [2.05, 4.69) is 15.9 Å².